The van der Waals surface area contributed by atoms with Crippen LogP contribution < -0.4 is 4.74 Å². The van der Waals surface area contributed by atoms with Gasteiger partial charge in [-0.1, -0.05) is 208 Å². The van der Waals surface area contributed by atoms with Gasteiger partial charge in [0.25, 0.3) is 0 Å². The molecule has 360 valence electrons. The monoisotopic (exact) mass is 1010 g/mol. The molecule has 0 aliphatic carbocycles. The first-order valence-electron chi connectivity index (χ1n) is 23.2. The van der Waals surface area contributed by atoms with Gasteiger partial charge >= 0.3 is 11.9 Å². The lowest BCUT2D eigenvalue weighted by Crippen LogP contribution is -2.18. The first kappa shape index (κ1) is 61.1. The minimum Gasteiger partial charge on any atom is -0.507 e. The number of aliphatic carboxylic acids is 1. The lowest BCUT2D eigenvalue weighted by molar-refractivity contribution is -0.145. The molecule has 8 nitrogen and oxygen atoms in total. The van der Waals surface area contributed by atoms with Crippen LogP contribution in [-0.4, -0.2) is 38.7 Å². The summed E-state index contributed by atoms with van der Waals surface area (Å²) in [5.41, 5.74) is 4.99. The SMILES string of the molecule is CC.CC.CC.CC.CC.CC.CCOC(=O)C(Br)c1ccccc1.O=C(O)C(Oc1ccccc1-c1nc2ccccc2s1)c1ccccc1.Oc1ccccc1-c1nc2ccccc2s1. The Bertz CT molecular complexity index is 2430. The lowest BCUT2D eigenvalue weighted by atomic mass is 10.1. The van der Waals surface area contributed by atoms with Crippen LogP contribution in [0, 0.1) is 0 Å². The molecule has 11 heteroatoms. The molecule has 0 aliphatic rings. The van der Waals surface area contributed by atoms with Crippen molar-refractivity contribution in [2.24, 2.45) is 0 Å². The van der Waals surface area contributed by atoms with Crippen molar-refractivity contribution in [1.82, 2.24) is 9.97 Å². The van der Waals surface area contributed by atoms with Crippen LogP contribution in [0.4, 0.5) is 0 Å². The molecule has 2 N–H and O–H groups in total. The highest BCUT2D eigenvalue weighted by Crippen LogP contribution is 2.38. The van der Waals surface area contributed by atoms with Gasteiger partial charge in [0.05, 0.1) is 38.2 Å². The molecule has 2 atom stereocenters. The maximum absolute atomic E-state index is 11.8. The van der Waals surface area contributed by atoms with E-state index in [0.29, 0.717) is 17.9 Å². The number of para-hydroxylation sites is 4. The normalized spacial score (nSPS) is 10.1. The predicted octanol–water partition coefficient (Wildman–Crippen LogP) is 17.7. The molecule has 8 aromatic rings. The average Bonchev–Trinajstić information content (AvgIpc) is 4.05. The molecule has 67 heavy (non-hydrogen) atoms. The molecule has 0 spiro atoms. The van der Waals surface area contributed by atoms with Gasteiger partial charge in [-0.2, -0.15) is 0 Å². The number of aromatic nitrogens is 2. The van der Waals surface area contributed by atoms with E-state index in [0.717, 1.165) is 47.1 Å². The zero-order valence-corrected chi connectivity index (χ0v) is 44.7. The molecule has 8 rings (SSSR count). The summed E-state index contributed by atoms with van der Waals surface area (Å²) in [6.45, 7) is 26.2. The number of benzene rings is 6. The summed E-state index contributed by atoms with van der Waals surface area (Å²) in [6, 6.07) is 49.0. The Kier molecular flexibility index (Phi) is 34.0. The Morgan fingerprint density at radius 3 is 1.37 bits per heavy atom. The van der Waals surface area contributed by atoms with E-state index in [1.807, 2.05) is 204 Å². The molecule has 0 saturated carbocycles. The van der Waals surface area contributed by atoms with E-state index >= 15 is 0 Å². The van der Waals surface area contributed by atoms with Crippen molar-refractivity contribution in [3.63, 3.8) is 0 Å². The molecule has 2 heterocycles. The summed E-state index contributed by atoms with van der Waals surface area (Å²) >= 11 is 6.43. The summed E-state index contributed by atoms with van der Waals surface area (Å²) in [5.74, 6) is -0.492. The number of phenols is 1. The number of thiazole rings is 2. The molecular formula is C56H71BrN2O6S2. The van der Waals surface area contributed by atoms with Crippen LogP contribution in [0.15, 0.2) is 158 Å². The summed E-state index contributed by atoms with van der Waals surface area (Å²) in [6.07, 6.45) is -1.08. The number of alkyl halides is 1. The Morgan fingerprint density at radius 1 is 0.537 bits per heavy atom. The summed E-state index contributed by atoms with van der Waals surface area (Å²) in [4.78, 5) is 31.8. The number of aromatic hydroxyl groups is 1. The first-order chi connectivity index (χ1) is 32.8. The molecule has 0 radical (unpaired) electrons. The lowest BCUT2D eigenvalue weighted by Gasteiger charge is -2.17. The maximum Gasteiger partial charge on any atom is 0.349 e. The molecule has 6 aromatic carbocycles. The third kappa shape index (κ3) is 19.9. The van der Waals surface area contributed by atoms with Gasteiger partial charge in [-0.05, 0) is 61.0 Å². The second-order valence-corrected chi connectivity index (χ2v) is 14.7. The number of rotatable bonds is 9. The third-order valence-electron chi connectivity index (χ3n) is 8.00. The summed E-state index contributed by atoms with van der Waals surface area (Å²) in [5, 5.41) is 21.0. The second kappa shape index (κ2) is 37.2. The predicted molar refractivity (Wildman–Crippen MR) is 292 cm³/mol. The number of nitrogens with zero attached hydrogens (tertiary/aromatic N) is 2. The second-order valence-electron chi connectivity index (χ2n) is 11.8. The van der Waals surface area contributed by atoms with Gasteiger partial charge in [-0.15, -0.1) is 22.7 Å². The minimum atomic E-state index is -1.08. The zero-order chi connectivity index (χ0) is 50.6. The summed E-state index contributed by atoms with van der Waals surface area (Å²) < 4.78 is 13.0. The maximum atomic E-state index is 11.8. The van der Waals surface area contributed by atoms with Crippen molar-refractivity contribution in [2.45, 2.75) is 101 Å². The van der Waals surface area contributed by atoms with Crippen LogP contribution in [0.1, 0.15) is 112 Å². The van der Waals surface area contributed by atoms with Crippen LogP contribution in [-0.2, 0) is 14.3 Å². The number of phenolic OH excluding ortho intramolecular Hbond substituents is 1. The minimum absolute atomic E-state index is 0.242. The Morgan fingerprint density at radius 2 is 0.925 bits per heavy atom. The average molecular weight is 1010 g/mol. The quantitative estimate of drug-likeness (QED) is 0.108. The van der Waals surface area contributed by atoms with Gasteiger partial charge in [0, 0.05) is 5.56 Å². The van der Waals surface area contributed by atoms with Crippen LogP contribution in [0.2, 0.25) is 0 Å². The van der Waals surface area contributed by atoms with Crippen LogP contribution in [0.5, 0.6) is 11.5 Å². The zero-order valence-electron chi connectivity index (χ0n) is 41.5. The van der Waals surface area contributed by atoms with Gasteiger partial charge < -0.3 is 19.7 Å². The van der Waals surface area contributed by atoms with Gasteiger partial charge in [0.2, 0.25) is 6.10 Å². The van der Waals surface area contributed by atoms with Crippen molar-refractivity contribution in [2.75, 3.05) is 6.61 Å². The number of hydrogen-bond donors (Lipinski definition) is 2. The van der Waals surface area contributed by atoms with Crippen LogP contribution >= 0.6 is 38.6 Å². The van der Waals surface area contributed by atoms with Gasteiger partial charge in [-0.3, -0.25) is 4.79 Å². The van der Waals surface area contributed by atoms with E-state index < -0.39 is 12.1 Å². The fraction of sp³-hybridized carbons (Fsp3) is 0.286. The van der Waals surface area contributed by atoms with E-state index in [4.69, 9.17) is 9.47 Å². The smallest absolute Gasteiger partial charge is 0.349 e. The standard InChI is InChI=1S/C21H15NO3S.C13H9NOS.C10H11BrO2.6C2H6/c23-21(24)19(14-8-2-1-3-9-14)25-17-12-6-4-10-15(17)20-22-16-11-5-7-13-18(16)26-20;15-11-7-3-1-5-9(11)13-14-10-6-2-4-8-12(10)16-13;1-2-13-10(12)9(11)8-6-4-3-5-7-8;6*1-2/h1-13,19H,(H,23,24);1-8,15H;3-7,9H,2H2,1H3;6*1-2H3. The molecule has 0 bridgehead atoms. The van der Waals surface area contributed by atoms with Crippen LogP contribution in [0.3, 0.4) is 0 Å². The van der Waals surface area contributed by atoms with Gasteiger partial charge in [-0.25, -0.2) is 14.8 Å². The van der Waals surface area contributed by atoms with Gasteiger partial charge in [0.15, 0.2) is 0 Å². The third-order valence-corrected chi connectivity index (χ3v) is 11.0. The highest BCUT2D eigenvalue weighted by molar-refractivity contribution is 9.09. The van der Waals surface area contributed by atoms with Crippen molar-refractivity contribution < 1.29 is 29.3 Å². The number of hydrogen-bond acceptors (Lipinski definition) is 9. The largest absolute Gasteiger partial charge is 0.507 e. The van der Waals surface area contributed by atoms with E-state index in [1.165, 1.54) is 0 Å². The molecule has 2 unspecified atom stereocenters. The van der Waals surface area contributed by atoms with E-state index in [9.17, 15) is 19.8 Å². The molecule has 0 aliphatic heterocycles. The number of halogens is 1. The molecule has 0 fully saturated rings. The van der Waals surface area contributed by atoms with Gasteiger partial charge in [0.1, 0.15) is 26.3 Å². The van der Waals surface area contributed by atoms with E-state index in [2.05, 4.69) is 25.9 Å². The Labute approximate surface area is 416 Å². The molecule has 0 saturated heterocycles. The topological polar surface area (TPSA) is 119 Å². The number of carbonyl (C=O) groups is 2. The van der Waals surface area contributed by atoms with Crippen LogP contribution in [0.25, 0.3) is 41.6 Å². The summed E-state index contributed by atoms with van der Waals surface area (Å²) in [7, 11) is 0. The number of ether oxygens (including phenoxy) is 2. The van der Waals surface area contributed by atoms with Crippen molar-refractivity contribution in [3.8, 4) is 32.6 Å². The molecule has 0 amide bonds. The molecule has 2 aromatic heterocycles. The van der Waals surface area contributed by atoms with Crippen molar-refractivity contribution in [3.05, 3.63) is 169 Å². The number of carboxylic acid groups (broad SMARTS) is 1. The number of fused-ring (bicyclic) bond motifs is 2. The number of carboxylic acids is 1. The number of carbonyl (C=O) groups excluding carboxylic acids is 1. The first-order valence-corrected chi connectivity index (χ1v) is 25.8. The van der Waals surface area contributed by atoms with Crippen molar-refractivity contribution >= 4 is 71.0 Å². The fourth-order valence-electron chi connectivity index (χ4n) is 5.36. The fourth-order valence-corrected chi connectivity index (χ4v) is 7.80. The highest BCUT2D eigenvalue weighted by Gasteiger charge is 2.24. The Hall–Kier alpha value is -5.88. The highest BCUT2D eigenvalue weighted by atomic mass is 79.9. The van der Waals surface area contributed by atoms with Crippen molar-refractivity contribution in [1.29, 1.82) is 0 Å². The Balaban J connectivity index is 0.000000920. The number of esters is 1. The molecular weight excluding hydrogens is 941 g/mol. The van der Waals surface area contributed by atoms with E-state index in [-0.39, 0.29) is 16.5 Å². The van der Waals surface area contributed by atoms with E-state index in [1.54, 1.807) is 66.0 Å².